The lowest BCUT2D eigenvalue weighted by Crippen LogP contribution is -2.44. The van der Waals surface area contributed by atoms with Gasteiger partial charge in [-0.2, -0.15) is 0 Å². The highest BCUT2D eigenvalue weighted by Crippen LogP contribution is 2.27. The van der Waals surface area contributed by atoms with Crippen molar-refractivity contribution in [2.24, 2.45) is 0 Å². The zero-order valence-corrected chi connectivity index (χ0v) is 12.4. The van der Waals surface area contributed by atoms with Crippen molar-refractivity contribution < 1.29 is 9.90 Å². The number of nitrogens with zero attached hydrogens (tertiary/aromatic N) is 3. The van der Waals surface area contributed by atoms with Crippen LogP contribution in [0.5, 0.6) is 0 Å². The molecule has 6 nitrogen and oxygen atoms in total. The lowest BCUT2D eigenvalue weighted by atomic mass is 9.99. The lowest BCUT2D eigenvalue weighted by Gasteiger charge is -2.37. The molecular weight excluding hydrogens is 292 g/mol. The monoisotopic (exact) mass is 308 g/mol. The number of para-hydroxylation sites is 2. The summed E-state index contributed by atoms with van der Waals surface area (Å²) in [4.78, 5) is 25.4. The molecule has 0 bridgehead atoms. The Morgan fingerprint density at radius 1 is 1.17 bits per heavy atom. The third kappa shape index (κ3) is 2.68. The number of carboxylic acid groups (broad SMARTS) is 1. The number of aromatic carboxylic acids is 1. The first-order chi connectivity index (χ1) is 11.2. The van der Waals surface area contributed by atoms with Gasteiger partial charge in [-0.05, 0) is 24.3 Å². The molecule has 0 amide bonds. The van der Waals surface area contributed by atoms with Crippen LogP contribution in [0.15, 0.2) is 42.5 Å². The summed E-state index contributed by atoms with van der Waals surface area (Å²) in [6.07, 6.45) is 0. The molecule has 0 unspecified atom stereocenters. The molecule has 3 aromatic rings. The summed E-state index contributed by atoms with van der Waals surface area (Å²) in [7, 11) is 0. The summed E-state index contributed by atoms with van der Waals surface area (Å²) in [5.74, 6) is 0.426. The minimum Gasteiger partial charge on any atom is -0.477 e. The molecule has 0 aliphatic carbocycles. The Morgan fingerprint density at radius 2 is 2.00 bits per heavy atom. The van der Waals surface area contributed by atoms with Crippen LogP contribution < -0.4 is 0 Å². The highest BCUT2D eigenvalue weighted by atomic mass is 16.4. The van der Waals surface area contributed by atoms with Gasteiger partial charge < -0.3 is 10.1 Å². The predicted molar refractivity (Wildman–Crippen MR) is 85.3 cm³/mol. The summed E-state index contributed by atoms with van der Waals surface area (Å²) in [6, 6.07) is 13.1. The van der Waals surface area contributed by atoms with Crippen LogP contribution in [0.3, 0.4) is 0 Å². The number of likely N-dealkylation sites (tertiary alicyclic amines) is 1. The van der Waals surface area contributed by atoms with Crippen LogP contribution in [-0.4, -0.2) is 44.0 Å². The minimum atomic E-state index is -0.990. The van der Waals surface area contributed by atoms with Gasteiger partial charge in [0.25, 0.3) is 0 Å². The molecule has 116 valence electrons. The average molecular weight is 308 g/mol. The van der Waals surface area contributed by atoms with E-state index in [1.165, 1.54) is 6.07 Å². The van der Waals surface area contributed by atoms with E-state index in [4.69, 9.17) is 5.11 Å². The number of pyridine rings is 1. The number of nitrogens with one attached hydrogen (secondary N) is 1. The van der Waals surface area contributed by atoms with Gasteiger partial charge in [0, 0.05) is 25.6 Å². The minimum absolute atomic E-state index is 0.0943. The molecule has 1 aromatic carbocycles. The van der Waals surface area contributed by atoms with Crippen LogP contribution >= 0.6 is 0 Å². The van der Waals surface area contributed by atoms with Gasteiger partial charge >= 0.3 is 5.97 Å². The fourth-order valence-corrected chi connectivity index (χ4v) is 2.95. The van der Waals surface area contributed by atoms with E-state index >= 15 is 0 Å². The van der Waals surface area contributed by atoms with Crippen molar-refractivity contribution in [1.29, 1.82) is 0 Å². The number of rotatable bonds is 4. The Hall–Kier alpha value is -2.73. The Morgan fingerprint density at radius 3 is 2.78 bits per heavy atom. The number of aromatic amines is 1. The lowest BCUT2D eigenvalue weighted by molar-refractivity contribution is 0.0689. The van der Waals surface area contributed by atoms with Crippen molar-refractivity contribution in [3.8, 4) is 0 Å². The summed E-state index contributed by atoms with van der Waals surface area (Å²) in [6.45, 7) is 2.47. The van der Waals surface area contributed by atoms with E-state index in [0.717, 1.165) is 35.6 Å². The van der Waals surface area contributed by atoms with Crippen LogP contribution in [0.1, 0.15) is 27.9 Å². The second kappa shape index (κ2) is 5.48. The van der Waals surface area contributed by atoms with Crippen molar-refractivity contribution in [2.45, 2.75) is 12.5 Å². The van der Waals surface area contributed by atoms with Gasteiger partial charge in [-0.25, -0.2) is 14.8 Å². The molecule has 6 heteroatoms. The van der Waals surface area contributed by atoms with Crippen LogP contribution in [0.25, 0.3) is 11.0 Å². The molecule has 0 radical (unpaired) electrons. The van der Waals surface area contributed by atoms with Crippen LogP contribution in [0, 0.1) is 0 Å². The molecule has 1 fully saturated rings. The number of carbonyl (C=O) groups is 1. The number of aromatic nitrogens is 3. The topological polar surface area (TPSA) is 82.1 Å². The molecule has 0 saturated carbocycles. The van der Waals surface area contributed by atoms with E-state index < -0.39 is 5.97 Å². The van der Waals surface area contributed by atoms with Crippen LogP contribution in [-0.2, 0) is 6.54 Å². The highest BCUT2D eigenvalue weighted by Gasteiger charge is 2.30. The van der Waals surface area contributed by atoms with Crippen molar-refractivity contribution in [2.75, 3.05) is 13.1 Å². The van der Waals surface area contributed by atoms with Crippen LogP contribution in [0.4, 0.5) is 0 Å². The van der Waals surface area contributed by atoms with Crippen LogP contribution in [0.2, 0.25) is 0 Å². The first-order valence-corrected chi connectivity index (χ1v) is 7.55. The van der Waals surface area contributed by atoms with E-state index in [1.54, 1.807) is 6.07 Å². The van der Waals surface area contributed by atoms with Crippen molar-refractivity contribution in [3.05, 3.63) is 59.7 Å². The molecule has 3 heterocycles. The molecular formula is C17H16N4O2. The summed E-state index contributed by atoms with van der Waals surface area (Å²) < 4.78 is 0. The fraction of sp³-hybridized carbons (Fsp3) is 0.235. The zero-order valence-electron chi connectivity index (χ0n) is 12.4. The summed E-state index contributed by atoms with van der Waals surface area (Å²) in [5.41, 5.74) is 2.94. The smallest absolute Gasteiger partial charge is 0.354 e. The van der Waals surface area contributed by atoms with Crippen molar-refractivity contribution in [3.63, 3.8) is 0 Å². The standard InChI is InChI=1S/C17H16N4O2/c22-17(23)15-7-3-4-12(18-15)10-21-8-11(9-21)16-19-13-5-1-2-6-14(13)20-16/h1-7,11H,8-10H2,(H,19,20)(H,22,23). The molecule has 4 rings (SSSR count). The second-order valence-electron chi connectivity index (χ2n) is 5.85. The van der Waals surface area contributed by atoms with Gasteiger partial charge in [0.05, 0.1) is 16.7 Å². The maximum atomic E-state index is 11.0. The SMILES string of the molecule is O=C(O)c1cccc(CN2CC(c3nc4ccccc4[nH]3)C2)n1. The van der Waals surface area contributed by atoms with E-state index in [1.807, 2.05) is 30.3 Å². The molecule has 0 spiro atoms. The average Bonchev–Trinajstić information content (AvgIpc) is 2.94. The summed E-state index contributed by atoms with van der Waals surface area (Å²) >= 11 is 0. The number of hydrogen-bond acceptors (Lipinski definition) is 4. The molecule has 23 heavy (non-hydrogen) atoms. The fourth-order valence-electron chi connectivity index (χ4n) is 2.95. The Labute approximate surface area is 132 Å². The second-order valence-corrected chi connectivity index (χ2v) is 5.85. The zero-order chi connectivity index (χ0) is 15.8. The van der Waals surface area contributed by atoms with Gasteiger partial charge in [0.1, 0.15) is 11.5 Å². The largest absolute Gasteiger partial charge is 0.477 e. The van der Waals surface area contributed by atoms with Crippen molar-refractivity contribution >= 4 is 17.0 Å². The highest BCUT2D eigenvalue weighted by molar-refractivity contribution is 5.85. The predicted octanol–water partition coefficient (Wildman–Crippen LogP) is 2.26. The number of imidazole rings is 1. The molecule has 1 aliphatic heterocycles. The first kappa shape index (κ1) is 13.9. The molecule has 2 N–H and O–H groups in total. The van der Waals surface area contributed by atoms with E-state index in [-0.39, 0.29) is 5.69 Å². The Balaban J connectivity index is 1.41. The van der Waals surface area contributed by atoms with E-state index in [0.29, 0.717) is 12.5 Å². The van der Waals surface area contributed by atoms with Gasteiger partial charge in [0.15, 0.2) is 0 Å². The molecule has 1 aliphatic rings. The molecule has 2 aromatic heterocycles. The molecule has 0 atom stereocenters. The van der Waals surface area contributed by atoms with E-state index in [2.05, 4.69) is 19.9 Å². The number of carboxylic acids is 1. The number of hydrogen-bond donors (Lipinski definition) is 2. The first-order valence-electron chi connectivity index (χ1n) is 7.55. The maximum absolute atomic E-state index is 11.0. The normalized spacial score (nSPS) is 15.7. The Bertz CT molecular complexity index is 835. The quantitative estimate of drug-likeness (QED) is 0.772. The number of H-pyrrole nitrogens is 1. The number of fused-ring (bicyclic) bond motifs is 1. The van der Waals surface area contributed by atoms with Gasteiger partial charge in [-0.1, -0.05) is 18.2 Å². The Kier molecular flexibility index (Phi) is 3.31. The number of benzene rings is 1. The third-order valence-corrected chi connectivity index (χ3v) is 4.16. The van der Waals surface area contributed by atoms with E-state index in [9.17, 15) is 4.79 Å². The maximum Gasteiger partial charge on any atom is 0.354 e. The summed E-state index contributed by atoms with van der Waals surface area (Å²) in [5, 5.41) is 8.99. The van der Waals surface area contributed by atoms with Crippen molar-refractivity contribution in [1.82, 2.24) is 19.9 Å². The van der Waals surface area contributed by atoms with Gasteiger partial charge in [0.2, 0.25) is 0 Å². The van der Waals surface area contributed by atoms with Gasteiger partial charge in [-0.3, -0.25) is 4.90 Å². The third-order valence-electron chi connectivity index (χ3n) is 4.16. The molecule has 1 saturated heterocycles. The van der Waals surface area contributed by atoms with Gasteiger partial charge in [-0.15, -0.1) is 0 Å².